The average molecular weight is 401 g/mol. The van der Waals surface area contributed by atoms with Crippen LogP contribution in [0, 0.1) is 0 Å². The van der Waals surface area contributed by atoms with E-state index in [1.807, 2.05) is 0 Å². The van der Waals surface area contributed by atoms with Crippen molar-refractivity contribution in [2.45, 2.75) is 12.2 Å². The average Bonchev–Trinajstić information content (AvgIpc) is 3.10. The molecule has 2 aromatic rings. The molecule has 1 atom stereocenters. The zero-order valence-corrected chi connectivity index (χ0v) is 15.6. The number of benzene rings is 2. The third-order valence-corrected chi connectivity index (χ3v) is 5.35. The lowest BCUT2D eigenvalue weighted by Gasteiger charge is -2.15. The molecule has 2 aliphatic rings. The van der Waals surface area contributed by atoms with Crippen LogP contribution in [0.5, 0.6) is 5.75 Å². The second kappa shape index (κ2) is 6.71. The summed E-state index contributed by atoms with van der Waals surface area (Å²) in [4.78, 5) is 26.1. The second-order valence-corrected chi connectivity index (χ2v) is 7.67. The number of nitrogens with zero attached hydrogens (tertiary/aromatic N) is 3. The fraction of sp³-hybridized carbons (Fsp3) is 0.111. The van der Waals surface area contributed by atoms with Crippen LogP contribution in [-0.2, 0) is 9.59 Å². The van der Waals surface area contributed by atoms with E-state index in [4.69, 9.17) is 11.6 Å². The first kappa shape index (κ1) is 17.6. The van der Waals surface area contributed by atoms with Gasteiger partial charge in [0.1, 0.15) is 5.75 Å². The Bertz CT molecular complexity index is 1020. The van der Waals surface area contributed by atoms with Crippen LogP contribution in [0.25, 0.3) is 0 Å². The van der Waals surface area contributed by atoms with Crippen LogP contribution in [0.4, 0.5) is 11.4 Å². The third-order valence-electron chi connectivity index (χ3n) is 4.09. The van der Waals surface area contributed by atoms with E-state index in [1.54, 1.807) is 37.3 Å². The molecule has 0 aromatic heterocycles. The van der Waals surface area contributed by atoms with Crippen molar-refractivity contribution in [3.8, 4) is 5.75 Å². The summed E-state index contributed by atoms with van der Waals surface area (Å²) in [7, 11) is 0. The van der Waals surface area contributed by atoms with Crippen molar-refractivity contribution in [3.05, 3.63) is 53.1 Å². The summed E-state index contributed by atoms with van der Waals surface area (Å²) in [5.41, 5.74) is 1.88. The van der Waals surface area contributed by atoms with Gasteiger partial charge in [-0.05, 0) is 49.4 Å². The molecule has 27 heavy (non-hydrogen) atoms. The molecule has 9 heteroatoms. The minimum atomic E-state index is -0.379. The number of carbonyl (C=O) groups excluding carboxylic acids is 2. The number of amidine groups is 1. The minimum absolute atomic E-state index is 0.0981. The van der Waals surface area contributed by atoms with Crippen LogP contribution < -0.4 is 10.2 Å². The summed E-state index contributed by atoms with van der Waals surface area (Å²) < 4.78 is 0. The Morgan fingerprint density at radius 2 is 1.89 bits per heavy atom. The molecule has 136 valence electrons. The first-order valence-electron chi connectivity index (χ1n) is 8.00. The first-order chi connectivity index (χ1) is 12.9. The van der Waals surface area contributed by atoms with Gasteiger partial charge in [0.15, 0.2) is 10.9 Å². The topological polar surface area (TPSA) is 94.4 Å². The van der Waals surface area contributed by atoms with Gasteiger partial charge in [0.2, 0.25) is 5.91 Å². The lowest BCUT2D eigenvalue weighted by Crippen LogP contribution is -2.31. The molecule has 2 N–H and O–H groups in total. The van der Waals surface area contributed by atoms with Gasteiger partial charge >= 0.3 is 0 Å². The van der Waals surface area contributed by atoms with Gasteiger partial charge in [0, 0.05) is 10.6 Å². The highest BCUT2D eigenvalue weighted by Gasteiger charge is 2.36. The zero-order valence-electron chi connectivity index (χ0n) is 14.0. The van der Waals surface area contributed by atoms with E-state index < -0.39 is 0 Å². The number of nitrogens with one attached hydrogen (secondary N) is 1. The number of hydrogen-bond acceptors (Lipinski definition) is 6. The van der Waals surface area contributed by atoms with E-state index in [9.17, 15) is 14.7 Å². The van der Waals surface area contributed by atoms with Crippen molar-refractivity contribution in [2.24, 2.45) is 10.2 Å². The molecule has 0 aliphatic carbocycles. The van der Waals surface area contributed by atoms with Crippen molar-refractivity contribution in [3.63, 3.8) is 0 Å². The Morgan fingerprint density at radius 1 is 1.15 bits per heavy atom. The number of carbonyl (C=O) groups is 2. The first-order valence-corrected chi connectivity index (χ1v) is 9.26. The van der Waals surface area contributed by atoms with E-state index in [0.29, 0.717) is 27.1 Å². The van der Waals surface area contributed by atoms with Crippen molar-refractivity contribution >= 4 is 57.4 Å². The molecule has 4 rings (SSSR count). The van der Waals surface area contributed by atoms with Crippen molar-refractivity contribution in [2.75, 3.05) is 10.2 Å². The number of halogens is 1. The number of rotatable bonds is 2. The number of anilines is 2. The van der Waals surface area contributed by atoms with Gasteiger partial charge in [-0.3, -0.25) is 14.5 Å². The number of thioether (sulfide) groups is 1. The predicted molar refractivity (Wildman–Crippen MR) is 107 cm³/mol. The molecule has 2 aliphatic heterocycles. The van der Waals surface area contributed by atoms with Crippen molar-refractivity contribution in [1.29, 1.82) is 0 Å². The fourth-order valence-electron chi connectivity index (χ4n) is 2.76. The Kier molecular flexibility index (Phi) is 4.37. The highest BCUT2D eigenvalue weighted by molar-refractivity contribution is 8.16. The summed E-state index contributed by atoms with van der Waals surface area (Å²) in [6.45, 7) is 1.77. The third kappa shape index (κ3) is 3.17. The van der Waals surface area contributed by atoms with Gasteiger partial charge in [-0.15, -0.1) is 10.2 Å². The molecule has 1 saturated heterocycles. The number of fused-ring (bicyclic) bond motifs is 1. The van der Waals surface area contributed by atoms with E-state index in [1.165, 1.54) is 28.8 Å². The van der Waals surface area contributed by atoms with Crippen LogP contribution >= 0.6 is 23.4 Å². The normalized spacial score (nSPS) is 21.9. The quantitative estimate of drug-likeness (QED) is 0.756. The molecule has 2 heterocycles. The maximum absolute atomic E-state index is 12.5. The molecule has 0 bridgehead atoms. The molecule has 7 nitrogen and oxygen atoms in total. The van der Waals surface area contributed by atoms with Gasteiger partial charge in [-0.1, -0.05) is 23.4 Å². The Labute approximate surface area is 163 Å². The predicted octanol–water partition coefficient (Wildman–Crippen LogP) is 3.23. The zero-order chi connectivity index (χ0) is 19.1. The lowest BCUT2D eigenvalue weighted by atomic mass is 10.1. The molecule has 2 amide bonds. The standard InChI is InChI=1S/C18H13ClN4O3S/c1-9-17(26)23(11-3-5-12(24)6-4-11)18(27-9)22-21-15-13-8-10(19)2-7-14(13)20-16(15)25/h2-9,24H,1H3,(H,20,21,25)/b22-18-. The largest absolute Gasteiger partial charge is 0.508 e. The second-order valence-electron chi connectivity index (χ2n) is 5.93. The van der Waals surface area contributed by atoms with Gasteiger partial charge in [-0.2, -0.15) is 0 Å². The van der Waals surface area contributed by atoms with Crippen LogP contribution in [-0.4, -0.2) is 33.1 Å². The van der Waals surface area contributed by atoms with Gasteiger partial charge in [-0.25, -0.2) is 0 Å². The summed E-state index contributed by atoms with van der Waals surface area (Å²) in [6.07, 6.45) is 0. The number of hydrogen-bond donors (Lipinski definition) is 2. The minimum Gasteiger partial charge on any atom is -0.508 e. The summed E-state index contributed by atoms with van der Waals surface area (Å²) in [6, 6.07) is 11.2. The smallest absolute Gasteiger partial charge is 0.276 e. The SMILES string of the molecule is CC1S/C(=N\N=C2/C(=O)Nc3ccc(Cl)cc32)N(c2ccc(O)cc2)C1=O. The highest BCUT2D eigenvalue weighted by atomic mass is 35.5. The maximum atomic E-state index is 12.5. The summed E-state index contributed by atoms with van der Waals surface area (Å²) >= 11 is 7.26. The van der Waals surface area contributed by atoms with E-state index >= 15 is 0 Å². The number of phenolic OH excluding ortho intramolecular Hbond substituents is 1. The number of amides is 2. The number of aromatic hydroxyl groups is 1. The molecule has 2 aromatic carbocycles. The fourth-order valence-corrected chi connectivity index (χ4v) is 3.85. The van der Waals surface area contributed by atoms with E-state index in [2.05, 4.69) is 15.5 Å². The van der Waals surface area contributed by atoms with E-state index in [-0.39, 0.29) is 28.5 Å². The van der Waals surface area contributed by atoms with Gasteiger partial charge in [0.25, 0.3) is 5.91 Å². The van der Waals surface area contributed by atoms with Gasteiger partial charge < -0.3 is 10.4 Å². The highest BCUT2D eigenvalue weighted by Crippen LogP contribution is 2.33. The van der Waals surface area contributed by atoms with Crippen LogP contribution in [0.1, 0.15) is 12.5 Å². The molecule has 1 fully saturated rings. The summed E-state index contributed by atoms with van der Waals surface area (Å²) in [5, 5.41) is 20.9. The molecular formula is C18H13ClN4O3S. The Balaban J connectivity index is 1.73. The molecular weight excluding hydrogens is 388 g/mol. The Hall–Kier alpha value is -2.84. The summed E-state index contributed by atoms with van der Waals surface area (Å²) in [5.74, 6) is -0.430. The Morgan fingerprint density at radius 3 is 2.63 bits per heavy atom. The molecule has 0 spiro atoms. The van der Waals surface area contributed by atoms with Crippen molar-refractivity contribution in [1.82, 2.24) is 0 Å². The van der Waals surface area contributed by atoms with Crippen LogP contribution in [0.2, 0.25) is 5.02 Å². The molecule has 1 unspecified atom stereocenters. The monoisotopic (exact) mass is 400 g/mol. The van der Waals surface area contributed by atoms with Crippen molar-refractivity contribution < 1.29 is 14.7 Å². The maximum Gasteiger partial charge on any atom is 0.276 e. The van der Waals surface area contributed by atoms with Crippen LogP contribution in [0.3, 0.4) is 0 Å². The lowest BCUT2D eigenvalue weighted by molar-refractivity contribution is -0.116. The number of phenols is 1. The van der Waals surface area contributed by atoms with Gasteiger partial charge in [0.05, 0.1) is 16.6 Å². The molecule has 0 radical (unpaired) electrons. The van der Waals surface area contributed by atoms with E-state index in [0.717, 1.165) is 0 Å². The van der Waals surface area contributed by atoms with Crippen LogP contribution in [0.15, 0.2) is 52.7 Å². The molecule has 0 saturated carbocycles.